The van der Waals surface area contributed by atoms with E-state index in [4.69, 9.17) is 0 Å². The van der Waals surface area contributed by atoms with Crippen molar-refractivity contribution in [3.05, 3.63) is 182 Å². The summed E-state index contributed by atoms with van der Waals surface area (Å²) in [5.41, 5.74) is 9.78. The number of fused-ring (bicyclic) bond motifs is 7. The Balaban J connectivity index is 1.28. The van der Waals surface area contributed by atoms with Gasteiger partial charge in [0.25, 0.3) is 0 Å². The van der Waals surface area contributed by atoms with E-state index >= 15 is 0 Å². The van der Waals surface area contributed by atoms with E-state index in [0.717, 1.165) is 0 Å². The molecular weight excluding hydrogens is 629 g/mol. The molecule has 0 amide bonds. The molecule has 2 aromatic heterocycles. The summed E-state index contributed by atoms with van der Waals surface area (Å²) in [4.78, 5) is 0. The predicted octanol–water partition coefficient (Wildman–Crippen LogP) is 13.6. The molecule has 2 heterocycles. The molecule has 0 saturated carbocycles. The summed E-state index contributed by atoms with van der Waals surface area (Å²) in [5, 5.41) is 15.2. The number of hydrogen-bond acceptors (Lipinski definition) is 0. The van der Waals surface area contributed by atoms with Crippen molar-refractivity contribution >= 4 is 86.7 Å². The maximum Gasteiger partial charge on any atom is 0.0547 e. The zero-order valence-corrected chi connectivity index (χ0v) is 28.2. The van der Waals surface area contributed by atoms with E-state index in [-0.39, 0.29) is 0 Å². The molecule has 0 radical (unpaired) electrons. The van der Waals surface area contributed by atoms with E-state index in [1.807, 2.05) is 0 Å². The second-order valence-electron chi connectivity index (χ2n) is 14.0. The van der Waals surface area contributed by atoms with Crippen molar-refractivity contribution in [1.82, 2.24) is 9.13 Å². The van der Waals surface area contributed by atoms with Crippen molar-refractivity contribution in [2.75, 3.05) is 0 Å². The molecule has 240 valence electrons. The molecule has 0 atom stereocenters. The summed E-state index contributed by atoms with van der Waals surface area (Å²) in [6.07, 6.45) is 0. The highest BCUT2D eigenvalue weighted by molar-refractivity contribution is 6.30. The molecule has 0 N–H and O–H groups in total. The zero-order valence-electron chi connectivity index (χ0n) is 28.2. The van der Waals surface area contributed by atoms with Crippen LogP contribution in [0.3, 0.4) is 0 Å². The van der Waals surface area contributed by atoms with Crippen molar-refractivity contribution in [2.24, 2.45) is 0 Å². The summed E-state index contributed by atoms with van der Waals surface area (Å²) in [5.74, 6) is 0. The van der Waals surface area contributed by atoms with Crippen LogP contribution in [0.5, 0.6) is 0 Å². The van der Waals surface area contributed by atoms with Gasteiger partial charge in [-0.2, -0.15) is 0 Å². The second kappa shape index (κ2) is 10.3. The van der Waals surface area contributed by atoms with Crippen LogP contribution < -0.4 is 0 Å². The third kappa shape index (κ3) is 3.63. The van der Waals surface area contributed by atoms with Crippen molar-refractivity contribution < 1.29 is 0 Å². The van der Waals surface area contributed by atoms with E-state index in [0.29, 0.717) is 0 Å². The fourth-order valence-electron chi connectivity index (χ4n) is 9.29. The Kier molecular flexibility index (Phi) is 5.53. The highest BCUT2D eigenvalue weighted by Crippen LogP contribution is 2.47. The average Bonchev–Trinajstić information content (AvgIpc) is 3.72. The van der Waals surface area contributed by atoms with Crippen LogP contribution in [-0.2, 0) is 0 Å². The quantitative estimate of drug-likeness (QED) is 0.167. The topological polar surface area (TPSA) is 9.86 Å². The summed E-state index contributed by atoms with van der Waals surface area (Å²) in [7, 11) is 0. The van der Waals surface area contributed by atoms with Crippen molar-refractivity contribution in [3.63, 3.8) is 0 Å². The highest BCUT2D eigenvalue weighted by atomic mass is 15.0. The molecule has 0 aliphatic carbocycles. The van der Waals surface area contributed by atoms with E-state index in [1.54, 1.807) is 0 Å². The lowest BCUT2D eigenvalue weighted by Gasteiger charge is -2.21. The summed E-state index contributed by atoms with van der Waals surface area (Å²) in [6, 6.07) is 67.4. The Morgan fingerprint density at radius 1 is 0.250 bits per heavy atom. The fourth-order valence-corrected chi connectivity index (χ4v) is 9.29. The van der Waals surface area contributed by atoms with Crippen LogP contribution in [0.1, 0.15) is 0 Å². The Labute approximate surface area is 299 Å². The van der Waals surface area contributed by atoms with Crippen LogP contribution in [0.4, 0.5) is 0 Å². The van der Waals surface area contributed by atoms with Gasteiger partial charge < -0.3 is 9.13 Å². The van der Waals surface area contributed by atoms with Gasteiger partial charge in [0, 0.05) is 37.7 Å². The maximum absolute atomic E-state index is 2.50. The lowest BCUT2D eigenvalue weighted by atomic mass is 9.87. The summed E-state index contributed by atoms with van der Waals surface area (Å²) >= 11 is 0. The molecule has 12 rings (SSSR count). The summed E-state index contributed by atoms with van der Waals surface area (Å²) in [6.45, 7) is 0. The minimum absolute atomic E-state index is 1.20. The molecule has 0 spiro atoms. The van der Waals surface area contributed by atoms with E-state index in [9.17, 15) is 0 Å². The van der Waals surface area contributed by atoms with Crippen LogP contribution in [-0.4, -0.2) is 9.13 Å². The molecule has 2 heteroatoms. The fraction of sp³-hybridized carbons (Fsp3) is 0. The Hall–Kier alpha value is -6.90. The van der Waals surface area contributed by atoms with Gasteiger partial charge in [-0.25, -0.2) is 0 Å². The first kappa shape index (κ1) is 27.9. The highest BCUT2D eigenvalue weighted by Gasteiger charge is 2.22. The second-order valence-corrected chi connectivity index (χ2v) is 14.0. The molecule has 0 saturated heterocycles. The Morgan fingerprint density at radius 2 is 0.712 bits per heavy atom. The number of benzene rings is 10. The first-order valence-corrected chi connectivity index (χ1v) is 18.0. The van der Waals surface area contributed by atoms with Crippen LogP contribution in [0, 0.1) is 0 Å². The van der Waals surface area contributed by atoms with E-state index in [1.165, 1.54) is 109 Å². The standard InChI is InChI=1S/C50H30N2/c1-2-14-33-31(12-1)13-11-19-34(33)42-30-48(52-45-22-9-5-17-37(45)38-18-6-10-23-46(38)52)41-26-24-32-25-29-47(40-28-27-39(42)50(41)49(32)40)51-43-20-7-3-15-35(43)36-16-4-8-21-44(36)51/h1-30H. The monoisotopic (exact) mass is 658 g/mol. The molecule has 0 bridgehead atoms. The SMILES string of the molecule is c1ccc2c(-c3cc(-n4c5ccccc5c5ccccc54)c4ccc5ccc(-n6c7ccccc7c7ccccc76)c6ccc3c4c56)cccc2c1. The van der Waals surface area contributed by atoms with Gasteiger partial charge in [-0.05, 0) is 74.5 Å². The smallest absolute Gasteiger partial charge is 0.0547 e. The summed E-state index contributed by atoms with van der Waals surface area (Å²) < 4.78 is 4.97. The molecule has 0 fully saturated rings. The number of aromatic nitrogens is 2. The first-order valence-electron chi connectivity index (χ1n) is 18.0. The molecular formula is C50H30N2. The van der Waals surface area contributed by atoms with Crippen LogP contribution in [0.25, 0.3) is 109 Å². The van der Waals surface area contributed by atoms with Crippen LogP contribution in [0.2, 0.25) is 0 Å². The Morgan fingerprint density at radius 3 is 1.35 bits per heavy atom. The van der Waals surface area contributed by atoms with Gasteiger partial charge in [-0.15, -0.1) is 0 Å². The third-order valence-corrected chi connectivity index (χ3v) is 11.5. The predicted molar refractivity (Wildman–Crippen MR) is 222 cm³/mol. The minimum Gasteiger partial charge on any atom is -0.309 e. The van der Waals surface area contributed by atoms with Gasteiger partial charge in [0.1, 0.15) is 0 Å². The lowest BCUT2D eigenvalue weighted by molar-refractivity contribution is 1.20. The van der Waals surface area contributed by atoms with Crippen LogP contribution >= 0.6 is 0 Å². The molecule has 2 nitrogen and oxygen atoms in total. The number of para-hydroxylation sites is 4. The van der Waals surface area contributed by atoms with Crippen molar-refractivity contribution in [2.45, 2.75) is 0 Å². The van der Waals surface area contributed by atoms with E-state index < -0.39 is 0 Å². The van der Waals surface area contributed by atoms with Crippen molar-refractivity contribution in [1.29, 1.82) is 0 Å². The molecule has 12 aromatic rings. The first-order chi connectivity index (χ1) is 25.8. The van der Waals surface area contributed by atoms with Gasteiger partial charge in [-0.1, -0.05) is 146 Å². The van der Waals surface area contributed by atoms with E-state index in [2.05, 4.69) is 191 Å². The zero-order chi connectivity index (χ0) is 33.9. The van der Waals surface area contributed by atoms with Gasteiger partial charge in [0.2, 0.25) is 0 Å². The normalized spacial score (nSPS) is 12.2. The van der Waals surface area contributed by atoms with Gasteiger partial charge in [0.15, 0.2) is 0 Å². The minimum atomic E-state index is 1.20. The lowest BCUT2D eigenvalue weighted by Crippen LogP contribution is -2.00. The molecule has 0 aliphatic heterocycles. The molecule has 0 aliphatic rings. The van der Waals surface area contributed by atoms with Gasteiger partial charge in [-0.3, -0.25) is 0 Å². The number of rotatable bonds is 3. The average molecular weight is 659 g/mol. The molecule has 10 aromatic carbocycles. The molecule has 0 unspecified atom stereocenters. The largest absolute Gasteiger partial charge is 0.309 e. The van der Waals surface area contributed by atoms with Crippen molar-refractivity contribution in [3.8, 4) is 22.5 Å². The number of hydrogen-bond donors (Lipinski definition) is 0. The van der Waals surface area contributed by atoms with Crippen LogP contribution in [0.15, 0.2) is 182 Å². The van der Waals surface area contributed by atoms with Gasteiger partial charge >= 0.3 is 0 Å². The third-order valence-electron chi connectivity index (χ3n) is 11.5. The number of nitrogens with zero attached hydrogens (tertiary/aromatic N) is 2. The maximum atomic E-state index is 2.50. The molecule has 52 heavy (non-hydrogen) atoms. The Bertz CT molecular complexity index is 3300. The van der Waals surface area contributed by atoms with Gasteiger partial charge in [0.05, 0.1) is 33.4 Å².